The second kappa shape index (κ2) is 6.00. The Morgan fingerprint density at radius 1 is 0.962 bits per heavy atom. The first-order valence-corrected chi connectivity index (χ1v) is 8.55. The van der Waals surface area contributed by atoms with Gasteiger partial charge in [0, 0.05) is 12.5 Å². The van der Waals surface area contributed by atoms with Crippen LogP contribution in [0.3, 0.4) is 0 Å². The molecule has 4 aromatic rings. The summed E-state index contributed by atoms with van der Waals surface area (Å²) >= 11 is 0. The third-order valence-corrected chi connectivity index (χ3v) is 4.49. The van der Waals surface area contributed by atoms with Gasteiger partial charge in [0.1, 0.15) is 11.0 Å². The van der Waals surface area contributed by atoms with Gasteiger partial charge in [-0.15, -0.1) is 0 Å². The van der Waals surface area contributed by atoms with E-state index in [0.717, 1.165) is 52.2 Å². The van der Waals surface area contributed by atoms with Crippen molar-refractivity contribution in [1.82, 2.24) is 19.9 Å². The van der Waals surface area contributed by atoms with Gasteiger partial charge < -0.3 is 9.15 Å². The van der Waals surface area contributed by atoms with Crippen molar-refractivity contribution in [2.24, 2.45) is 0 Å². The van der Waals surface area contributed by atoms with Crippen LogP contribution in [0.25, 0.3) is 39.1 Å². The first-order valence-electron chi connectivity index (χ1n) is 8.55. The van der Waals surface area contributed by atoms with Gasteiger partial charge in [0.05, 0.1) is 30.8 Å². The number of nitrogens with zero attached hydrogens (tertiary/aromatic N) is 4. The largest absolute Gasteiger partial charge is 0.441 e. The molecule has 0 saturated carbocycles. The zero-order valence-corrected chi connectivity index (χ0v) is 14.3. The van der Waals surface area contributed by atoms with Crippen molar-refractivity contribution < 1.29 is 9.15 Å². The van der Waals surface area contributed by atoms with E-state index in [0.29, 0.717) is 18.1 Å². The lowest BCUT2D eigenvalue weighted by atomic mass is 10.1. The highest BCUT2D eigenvalue weighted by Gasteiger charge is 2.11. The van der Waals surface area contributed by atoms with E-state index < -0.39 is 0 Å². The lowest BCUT2D eigenvalue weighted by Crippen LogP contribution is -2.05. The van der Waals surface area contributed by atoms with Crippen molar-refractivity contribution in [3.63, 3.8) is 0 Å². The van der Waals surface area contributed by atoms with E-state index >= 15 is 0 Å². The highest BCUT2D eigenvalue weighted by Crippen LogP contribution is 2.25. The number of pyridine rings is 1. The van der Waals surface area contributed by atoms with Crippen molar-refractivity contribution in [2.75, 3.05) is 13.2 Å². The first kappa shape index (κ1) is 15.2. The molecule has 128 valence electrons. The summed E-state index contributed by atoms with van der Waals surface area (Å²) in [5.41, 5.74) is 6.88. The average Bonchev–Trinajstić information content (AvgIpc) is 3.07. The molecule has 0 unspecified atom stereocenters. The van der Waals surface area contributed by atoms with Crippen LogP contribution in [0.15, 0.2) is 47.0 Å². The zero-order valence-electron chi connectivity index (χ0n) is 14.3. The van der Waals surface area contributed by atoms with Crippen LogP contribution in [0.5, 0.6) is 0 Å². The Labute approximate surface area is 149 Å². The fraction of sp³-hybridized carbons (Fsp3) is 0.200. The molecule has 1 aromatic carbocycles. The Balaban J connectivity index is 1.59. The molecule has 0 N–H and O–H groups in total. The predicted octanol–water partition coefficient (Wildman–Crippen LogP) is 3.95. The van der Waals surface area contributed by atoms with E-state index in [1.54, 1.807) is 0 Å². The fourth-order valence-electron chi connectivity index (χ4n) is 3.17. The molecule has 0 amide bonds. The smallest absolute Gasteiger partial charge is 0.192 e. The third-order valence-electron chi connectivity index (χ3n) is 4.49. The standard InChI is InChI=1S/C20H16N4O2/c1-12-22-17-10-14(2-5-19(17)26-12)15-3-4-16-20(23-15)24-18(11-21-16)13-6-8-25-9-7-13/h2-6,10-11H,7-9H2,1H3. The topological polar surface area (TPSA) is 73.9 Å². The maximum atomic E-state index is 5.54. The zero-order chi connectivity index (χ0) is 17.5. The number of aromatic nitrogens is 4. The second-order valence-corrected chi connectivity index (χ2v) is 6.26. The van der Waals surface area contributed by atoms with Gasteiger partial charge in [-0.2, -0.15) is 0 Å². The van der Waals surface area contributed by atoms with Crippen LogP contribution in [0.2, 0.25) is 0 Å². The summed E-state index contributed by atoms with van der Waals surface area (Å²) in [4.78, 5) is 18.3. The van der Waals surface area contributed by atoms with Crippen LogP contribution in [0.1, 0.15) is 18.0 Å². The summed E-state index contributed by atoms with van der Waals surface area (Å²) in [5.74, 6) is 0.656. The van der Waals surface area contributed by atoms with Crippen molar-refractivity contribution in [2.45, 2.75) is 13.3 Å². The highest BCUT2D eigenvalue weighted by atomic mass is 16.5. The van der Waals surface area contributed by atoms with Crippen LogP contribution in [0, 0.1) is 6.92 Å². The van der Waals surface area contributed by atoms with Crippen molar-refractivity contribution in [3.05, 3.63) is 54.2 Å². The van der Waals surface area contributed by atoms with Crippen LogP contribution in [0.4, 0.5) is 0 Å². The van der Waals surface area contributed by atoms with Gasteiger partial charge in [-0.1, -0.05) is 6.08 Å². The Bertz CT molecular complexity index is 1160. The number of fused-ring (bicyclic) bond motifs is 2. The van der Waals surface area contributed by atoms with Gasteiger partial charge in [0.2, 0.25) is 0 Å². The monoisotopic (exact) mass is 344 g/mol. The van der Waals surface area contributed by atoms with Crippen LogP contribution < -0.4 is 0 Å². The molecule has 5 rings (SSSR count). The second-order valence-electron chi connectivity index (χ2n) is 6.26. The maximum absolute atomic E-state index is 5.54. The molecule has 0 aliphatic carbocycles. The molecule has 1 aliphatic heterocycles. The minimum atomic E-state index is 0.625. The van der Waals surface area contributed by atoms with Gasteiger partial charge in [0.25, 0.3) is 0 Å². The highest BCUT2D eigenvalue weighted by molar-refractivity contribution is 5.82. The first-order chi connectivity index (χ1) is 12.8. The molecule has 0 radical (unpaired) electrons. The SMILES string of the molecule is Cc1nc2cc(-c3ccc4ncc(C5=CCOCC5)nc4n3)ccc2o1. The number of aryl methyl sites for hydroxylation is 1. The number of ether oxygens (including phenoxy) is 1. The lowest BCUT2D eigenvalue weighted by molar-refractivity contribution is 0.161. The molecule has 0 bridgehead atoms. The van der Waals surface area contributed by atoms with Gasteiger partial charge in [-0.05, 0) is 42.3 Å². The third kappa shape index (κ3) is 2.64. The number of rotatable bonds is 2. The molecule has 26 heavy (non-hydrogen) atoms. The summed E-state index contributed by atoms with van der Waals surface area (Å²) in [6, 6.07) is 9.80. The van der Waals surface area contributed by atoms with E-state index in [1.807, 2.05) is 43.5 Å². The van der Waals surface area contributed by atoms with Crippen LogP contribution in [-0.4, -0.2) is 33.1 Å². The van der Waals surface area contributed by atoms with Gasteiger partial charge >= 0.3 is 0 Å². The normalized spacial score (nSPS) is 14.7. The summed E-state index contributed by atoms with van der Waals surface area (Å²) < 4.78 is 10.9. The molecule has 6 nitrogen and oxygen atoms in total. The van der Waals surface area contributed by atoms with Crippen molar-refractivity contribution in [3.8, 4) is 11.3 Å². The van der Waals surface area contributed by atoms with Crippen molar-refractivity contribution >= 4 is 27.8 Å². The molecule has 4 heterocycles. The molecule has 3 aromatic heterocycles. The Kier molecular flexibility index (Phi) is 3.50. The summed E-state index contributed by atoms with van der Waals surface area (Å²) in [7, 11) is 0. The molecular weight excluding hydrogens is 328 g/mol. The number of hydrogen-bond donors (Lipinski definition) is 0. The minimum absolute atomic E-state index is 0.625. The Morgan fingerprint density at radius 3 is 2.77 bits per heavy atom. The van der Waals surface area contributed by atoms with E-state index in [4.69, 9.17) is 19.1 Å². The van der Waals surface area contributed by atoms with E-state index in [9.17, 15) is 0 Å². The Morgan fingerprint density at radius 2 is 1.88 bits per heavy atom. The molecule has 0 atom stereocenters. The van der Waals surface area contributed by atoms with Crippen LogP contribution in [-0.2, 0) is 4.74 Å². The number of hydrogen-bond acceptors (Lipinski definition) is 6. The molecule has 1 aliphatic rings. The molecule has 0 saturated heterocycles. The van der Waals surface area contributed by atoms with Crippen LogP contribution >= 0.6 is 0 Å². The summed E-state index contributed by atoms with van der Waals surface area (Å²) in [6.07, 6.45) is 4.72. The number of oxazole rings is 1. The predicted molar refractivity (Wildman–Crippen MR) is 98.5 cm³/mol. The quantitative estimate of drug-likeness (QED) is 0.548. The van der Waals surface area contributed by atoms with Gasteiger partial charge in [-0.3, -0.25) is 4.98 Å². The van der Waals surface area contributed by atoms with Gasteiger partial charge in [0.15, 0.2) is 17.1 Å². The van der Waals surface area contributed by atoms with E-state index in [2.05, 4.69) is 16.0 Å². The van der Waals surface area contributed by atoms with E-state index in [1.165, 1.54) is 0 Å². The number of benzene rings is 1. The molecule has 6 heteroatoms. The lowest BCUT2D eigenvalue weighted by Gasteiger charge is -2.13. The molecular formula is C20H16N4O2. The molecule has 0 spiro atoms. The maximum Gasteiger partial charge on any atom is 0.192 e. The van der Waals surface area contributed by atoms with Gasteiger partial charge in [-0.25, -0.2) is 15.0 Å². The minimum Gasteiger partial charge on any atom is -0.441 e. The summed E-state index contributed by atoms with van der Waals surface area (Å²) in [5, 5.41) is 0. The van der Waals surface area contributed by atoms with Crippen molar-refractivity contribution in [1.29, 1.82) is 0 Å². The molecule has 0 fully saturated rings. The fourth-order valence-corrected chi connectivity index (χ4v) is 3.17. The van der Waals surface area contributed by atoms with E-state index in [-0.39, 0.29) is 0 Å². The Hall–Kier alpha value is -3.12. The average molecular weight is 344 g/mol. The summed E-state index contributed by atoms with van der Waals surface area (Å²) in [6.45, 7) is 3.19.